The molecule has 2 aromatic carbocycles. The summed E-state index contributed by atoms with van der Waals surface area (Å²) in [6.07, 6.45) is 0. The molecule has 0 radical (unpaired) electrons. The Labute approximate surface area is 110 Å². The van der Waals surface area contributed by atoms with Crippen molar-refractivity contribution in [1.82, 2.24) is 0 Å². The van der Waals surface area contributed by atoms with Crippen molar-refractivity contribution in [2.45, 2.75) is 34.6 Å². The van der Waals surface area contributed by atoms with Gasteiger partial charge in [0, 0.05) is 5.69 Å². The predicted molar refractivity (Wildman–Crippen MR) is 80.0 cm³/mol. The van der Waals surface area contributed by atoms with E-state index in [0.29, 0.717) is 0 Å². The van der Waals surface area contributed by atoms with Crippen molar-refractivity contribution in [1.29, 1.82) is 0 Å². The van der Waals surface area contributed by atoms with Crippen molar-refractivity contribution in [2.75, 3.05) is 5.73 Å². The summed E-state index contributed by atoms with van der Waals surface area (Å²) in [5.74, 6) is 0. The molecular weight excluding hydrogens is 218 g/mol. The summed E-state index contributed by atoms with van der Waals surface area (Å²) >= 11 is 0. The SMILES string of the molecule is Cc1cc(-c2cc(C)c(C)c(N)c2)cc(C)c1C. The number of hydrogen-bond donors (Lipinski definition) is 1. The molecule has 0 atom stereocenters. The highest BCUT2D eigenvalue weighted by molar-refractivity contribution is 5.72. The van der Waals surface area contributed by atoms with Gasteiger partial charge in [-0.1, -0.05) is 18.2 Å². The summed E-state index contributed by atoms with van der Waals surface area (Å²) in [6, 6.07) is 8.78. The maximum Gasteiger partial charge on any atom is 0.0352 e. The van der Waals surface area contributed by atoms with Gasteiger partial charge in [-0.15, -0.1) is 0 Å². The van der Waals surface area contributed by atoms with Gasteiger partial charge in [-0.3, -0.25) is 0 Å². The molecule has 0 aliphatic heterocycles. The first-order valence-electron chi connectivity index (χ1n) is 6.35. The van der Waals surface area contributed by atoms with Gasteiger partial charge in [0.15, 0.2) is 0 Å². The lowest BCUT2D eigenvalue weighted by Gasteiger charge is -2.12. The molecule has 0 saturated carbocycles. The van der Waals surface area contributed by atoms with Gasteiger partial charge in [-0.05, 0) is 79.6 Å². The van der Waals surface area contributed by atoms with E-state index in [2.05, 4.69) is 58.9 Å². The van der Waals surface area contributed by atoms with Crippen molar-refractivity contribution in [3.63, 3.8) is 0 Å². The van der Waals surface area contributed by atoms with Crippen LogP contribution in [-0.4, -0.2) is 0 Å². The number of anilines is 1. The normalized spacial score (nSPS) is 10.7. The smallest absolute Gasteiger partial charge is 0.0352 e. The third-order valence-corrected chi connectivity index (χ3v) is 3.97. The number of rotatable bonds is 1. The van der Waals surface area contributed by atoms with Crippen molar-refractivity contribution in [2.24, 2.45) is 0 Å². The number of benzene rings is 2. The summed E-state index contributed by atoms with van der Waals surface area (Å²) in [4.78, 5) is 0. The van der Waals surface area contributed by atoms with Crippen LogP contribution >= 0.6 is 0 Å². The highest BCUT2D eigenvalue weighted by Crippen LogP contribution is 2.29. The lowest BCUT2D eigenvalue weighted by atomic mass is 9.94. The molecule has 1 heteroatoms. The van der Waals surface area contributed by atoms with Crippen LogP contribution in [0.15, 0.2) is 24.3 Å². The highest BCUT2D eigenvalue weighted by atomic mass is 14.6. The van der Waals surface area contributed by atoms with Crippen LogP contribution < -0.4 is 5.73 Å². The van der Waals surface area contributed by atoms with Gasteiger partial charge in [0.25, 0.3) is 0 Å². The first-order valence-corrected chi connectivity index (χ1v) is 6.35. The summed E-state index contributed by atoms with van der Waals surface area (Å²) in [5.41, 5.74) is 15.9. The topological polar surface area (TPSA) is 26.0 Å². The molecule has 0 aliphatic rings. The molecule has 2 aromatic rings. The Hall–Kier alpha value is -1.76. The lowest BCUT2D eigenvalue weighted by Crippen LogP contribution is -1.95. The Morgan fingerprint density at radius 2 is 1.00 bits per heavy atom. The van der Waals surface area contributed by atoms with E-state index in [0.717, 1.165) is 5.69 Å². The minimum Gasteiger partial charge on any atom is -0.398 e. The summed E-state index contributed by atoms with van der Waals surface area (Å²) in [5, 5.41) is 0. The Kier molecular flexibility index (Phi) is 3.16. The van der Waals surface area contributed by atoms with Crippen LogP contribution in [0.2, 0.25) is 0 Å². The van der Waals surface area contributed by atoms with Crippen LogP contribution in [0.1, 0.15) is 27.8 Å². The zero-order valence-electron chi connectivity index (χ0n) is 11.9. The van der Waals surface area contributed by atoms with Gasteiger partial charge in [-0.25, -0.2) is 0 Å². The Bertz CT molecular complexity index is 507. The third kappa shape index (κ3) is 2.13. The Morgan fingerprint density at radius 1 is 0.611 bits per heavy atom. The minimum atomic E-state index is 0.876. The van der Waals surface area contributed by atoms with Crippen molar-refractivity contribution in [3.05, 3.63) is 52.1 Å². The summed E-state index contributed by atoms with van der Waals surface area (Å²) in [7, 11) is 0. The van der Waals surface area contributed by atoms with Crippen LogP contribution in [0.4, 0.5) is 5.69 Å². The van der Waals surface area contributed by atoms with E-state index >= 15 is 0 Å². The number of nitrogens with two attached hydrogens (primary N) is 1. The average molecular weight is 239 g/mol. The number of nitrogen functional groups attached to an aromatic ring is 1. The van der Waals surface area contributed by atoms with Gasteiger partial charge < -0.3 is 5.73 Å². The fraction of sp³-hybridized carbons (Fsp3) is 0.294. The van der Waals surface area contributed by atoms with Gasteiger partial charge in [0.2, 0.25) is 0 Å². The number of aryl methyl sites for hydroxylation is 3. The molecule has 0 unspecified atom stereocenters. The van der Waals surface area contributed by atoms with Crippen LogP contribution in [0.5, 0.6) is 0 Å². The molecule has 0 amide bonds. The first kappa shape index (κ1) is 12.7. The molecule has 94 valence electrons. The van der Waals surface area contributed by atoms with Gasteiger partial charge >= 0.3 is 0 Å². The Morgan fingerprint density at radius 3 is 1.44 bits per heavy atom. The molecule has 0 spiro atoms. The van der Waals surface area contributed by atoms with Crippen molar-refractivity contribution < 1.29 is 0 Å². The molecule has 18 heavy (non-hydrogen) atoms. The maximum absolute atomic E-state index is 6.06. The fourth-order valence-electron chi connectivity index (χ4n) is 2.26. The zero-order valence-corrected chi connectivity index (χ0v) is 11.9. The zero-order chi connectivity index (χ0) is 13.4. The molecule has 0 bridgehead atoms. The van der Waals surface area contributed by atoms with Crippen LogP contribution in [-0.2, 0) is 0 Å². The van der Waals surface area contributed by atoms with Crippen molar-refractivity contribution in [3.8, 4) is 11.1 Å². The Balaban J connectivity index is 2.63. The third-order valence-electron chi connectivity index (χ3n) is 3.97. The van der Waals surface area contributed by atoms with Crippen LogP contribution in [0.3, 0.4) is 0 Å². The fourth-order valence-corrected chi connectivity index (χ4v) is 2.26. The molecule has 2 N–H and O–H groups in total. The van der Waals surface area contributed by atoms with Crippen LogP contribution in [0.25, 0.3) is 11.1 Å². The van der Waals surface area contributed by atoms with Gasteiger partial charge in [-0.2, -0.15) is 0 Å². The van der Waals surface area contributed by atoms with E-state index in [1.165, 1.54) is 38.9 Å². The number of hydrogen-bond acceptors (Lipinski definition) is 1. The second-order valence-electron chi connectivity index (χ2n) is 5.24. The molecule has 1 nitrogen and oxygen atoms in total. The summed E-state index contributed by atoms with van der Waals surface area (Å²) < 4.78 is 0. The lowest BCUT2D eigenvalue weighted by molar-refractivity contribution is 1.26. The largest absolute Gasteiger partial charge is 0.398 e. The van der Waals surface area contributed by atoms with Crippen molar-refractivity contribution >= 4 is 5.69 Å². The first-order chi connectivity index (χ1) is 8.40. The second kappa shape index (κ2) is 4.49. The average Bonchev–Trinajstić information content (AvgIpc) is 2.31. The summed E-state index contributed by atoms with van der Waals surface area (Å²) in [6.45, 7) is 10.7. The molecule has 0 fully saturated rings. The molecule has 0 aliphatic carbocycles. The molecule has 2 rings (SSSR count). The van der Waals surface area contributed by atoms with E-state index in [1.54, 1.807) is 0 Å². The molecule has 0 aromatic heterocycles. The minimum absolute atomic E-state index is 0.876. The van der Waals surface area contributed by atoms with E-state index in [4.69, 9.17) is 5.73 Å². The second-order valence-corrected chi connectivity index (χ2v) is 5.24. The molecule has 0 saturated heterocycles. The van der Waals surface area contributed by atoms with E-state index in [1.807, 2.05) is 0 Å². The molecular formula is C17H21N. The standard InChI is InChI=1S/C17H21N/c1-10-6-15(7-11(2)13(10)4)16-8-12(3)14(5)17(18)9-16/h6-9H,18H2,1-5H3. The van der Waals surface area contributed by atoms with Crippen LogP contribution in [0, 0.1) is 34.6 Å². The quantitative estimate of drug-likeness (QED) is 0.730. The van der Waals surface area contributed by atoms with Gasteiger partial charge in [0.1, 0.15) is 0 Å². The van der Waals surface area contributed by atoms with Gasteiger partial charge in [0.05, 0.1) is 0 Å². The molecule has 0 heterocycles. The van der Waals surface area contributed by atoms with E-state index in [-0.39, 0.29) is 0 Å². The van der Waals surface area contributed by atoms with E-state index < -0.39 is 0 Å². The predicted octanol–water partition coefficient (Wildman–Crippen LogP) is 4.48. The monoisotopic (exact) mass is 239 g/mol. The van der Waals surface area contributed by atoms with E-state index in [9.17, 15) is 0 Å². The maximum atomic E-state index is 6.06. The highest BCUT2D eigenvalue weighted by Gasteiger charge is 2.06.